The molecule has 0 atom stereocenters. The van der Waals surface area contributed by atoms with E-state index in [1.165, 1.54) is 0 Å². The quantitative estimate of drug-likeness (QED) is 0.821. The zero-order chi connectivity index (χ0) is 14.2. The van der Waals surface area contributed by atoms with Gasteiger partial charge >= 0.3 is 0 Å². The summed E-state index contributed by atoms with van der Waals surface area (Å²) in [6, 6.07) is 7.31. The SMILES string of the molecule is COCCOc1ccc(C(=O)N2CCCNCC2)cc1. The summed E-state index contributed by atoms with van der Waals surface area (Å²) in [7, 11) is 1.64. The van der Waals surface area contributed by atoms with Crippen molar-refractivity contribution >= 4 is 5.91 Å². The lowest BCUT2D eigenvalue weighted by Crippen LogP contribution is -2.34. The van der Waals surface area contributed by atoms with E-state index in [-0.39, 0.29) is 5.91 Å². The first-order chi connectivity index (χ1) is 9.81. The molecule has 0 spiro atoms. The fourth-order valence-corrected chi connectivity index (χ4v) is 2.17. The summed E-state index contributed by atoms with van der Waals surface area (Å²) in [6.07, 6.45) is 1.00. The van der Waals surface area contributed by atoms with E-state index in [2.05, 4.69) is 5.32 Å². The third kappa shape index (κ3) is 4.21. The molecule has 20 heavy (non-hydrogen) atoms. The van der Waals surface area contributed by atoms with Crippen LogP contribution in [0.4, 0.5) is 0 Å². The van der Waals surface area contributed by atoms with Gasteiger partial charge in [-0.2, -0.15) is 0 Å². The van der Waals surface area contributed by atoms with Crippen LogP contribution >= 0.6 is 0 Å². The van der Waals surface area contributed by atoms with Crippen LogP contribution in [0.3, 0.4) is 0 Å². The maximum absolute atomic E-state index is 12.4. The zero-order valence-corrected chi connectivity index (χ0v) is 11.9. The van der Waals surface area contributed by atoms with E-state index in [1.807, 2.05) is 29.2 Å². The number of rotatable bonds is 5. The summed E-state index contributed by atoms with van der Waals surface area (Å²) < 4.78 is 10.4. The number of benzene rings is 1. The van der Waals surface area contributed by atoms with Gasteiger partial charge in [-0.25, -0.2) is 0 Å². The third-order valence-electron chi connectivity index (χ3n) is 3.28. The van der Waals surface area contributed by atoms with Crippen molar-refractivity contribution in [2.24, 2.45) is 0 Å². The molecular weight excluding hydrogens is 256 g/mol. The summed E-state index contributed by atoms with van der Waals surface area (Å²) >= 11 is 0. The smallest absolute Gasteiger partial charge is 0.253 e. The molecule has 5 nitrogen and oxygen atoms in total. The van der Waals surface area contributed by atoms with Crippen LogP contribution in [-0.4, -0.2) is 57.3 Å². The Hall–Kier alpha value is -1.59. The number of ether oxygens (including phenoxy) is 2. The Morgan fingerprint density at radius 1 is 1.20 bits per heavy atom. The Morgan fingerprint density at radius 2 is 2.00 bits per heavy atom. The molecule has 0 aliphatic carbocycles. The Balaban J connectivity index is 1.92. The van der Waals surface area contributed by atoms with Gasteiger partial charge in [0.1, 0.15) is 12.4 Å². The highest BCUT2D eigenvalue weighted by Crippen LogP contribution is 2.14. The van der Waals surface area contributed by atoms with E-state index in [9.17, 15) is 4.79 Å². The summed E-state index contributed by atoms with van der Waals surface area (Å²) in [6.45, 7) is 4.51. The van der Waals surface area contributed by atoms with Gasteiger partial charge < -0.3 is 19.7 Å². The number of hydrogen-bond donors (Lipinski definition) is 1. The lowest BCUT2D eigenvalue weighted by molar-refractivity contribution is 0.0766. The molecule has 1 amide bonds. The highest BCUT2D eigenvalue weighted by molar-refractivity contribution is 5.94. The molecule has 1 fully saturated rings. The van der Waals surface area contributed by atoms with Crippen molar-refractivity contribution in [3.8, 4) is 5.75 Å². The molecule has 110 valence electrons. The van der Waals surface area contributed by atoms with Crippen LogP contribution < -0.4 is 10.1 Å². The van der Waals surface area contributed by atoms with Gasteiger partial charge in [0.15, 0.2) is 0 Å². The topological polar surface area (TPSA) is 50.8 Å². The average Bonchev–Trinajstić information content (AvgIpc) is 2.77. The molecule has 0 bridgehead atoms. The second-order valence-electron chi connectivity index (χ2n) is 4.76. The van der Waals surface area contributed by atoms with Gasteiger partial charge in [-0.15, -0.1) is 0 Å². The van der Waals surface area contributed by atoms with Crippen LogP contribution in [-0.2, 0) is 4.74 Å². The summed E-state index contributed by atoms with van der Waals surface area (Å²) in [5.74, 6) is 0.855. The molecule has 1 N–H and O–H groups in total. The van der Waals surface area contributed by atoms with E-state index >= 15 is 0 Å². The first-order valence-electron chi connectivity index (χ1n) is 7.03. The number of nitrogens with zero attached hydrogens (tertiary/aromatic N) is 1. The average molecular weight is 278 g/mol. The maximum Gasteiger partial charge on any atom is 0.253 e. The number of methoxy groups -OCH3 is 1. The molecule has 0 saturated carbocycles. The Bertz CT molecular complexity index is 412. The molecule has 0 unspecified atom stereocenters. The van der Waals surface area contributed by atoms with Crippen molar-refractivity contribution in [3.05, 3.63) is 29.8 Å². The zero-order valence-electron chi connectivity index (χ0n) is 11.9. The number of carbonyl (C=O) groups is 1. The second-order valence-corrected chi connectivity index (χ2v) is 4.76. The minimum atomic E-state index is 0.0946. The molecule has 1 aliphatic rings. The van der Waals surface area contributed by atoms with E-state index in [4.69, 9.17) is 9.47 Å². The van der Waals surface area contributed by atoms with Gasteiger partial charge in [-0.3, -0.25) is 4.79 Å². The molecule has 1 heterocycles. The second kappa shape index (κ2) is 7.87. The molecule has 1 saturated heterocycles. The first-order valence-corrected chi connectivity index (χ1v) is 7.03. The standard InChI is InChI=1S/C15H22N2O3/c1-19-11-12-20-14-5-3-13(4-6-14)15(18)17-9-2-7-16-8-10-17/h3-6,16H,2,7-12H2,1H3. The lowest BCUT2D eigenvalue weighted by atomic mass is 10.2. The van der Waals surface area contributed by atoms with Gasteiger partial charge in [-0.1, -0.05) is 0 Å². The van der Waals surface area contributed by atoms with Crippen molar-refractivity contribution in [2.75, 3.05) is 46.5 Å². The van der Waals surface area contributed by atoms with E-state index in [0.29, 0.717) is 18.8 Å². The third-order valence-corrected chi connectivity index (χ3v) is 3.28. The van der Waals surface area contributed by atoms with Gasteiger partial charge in [0, 0.05) is 32.3 Å². The predicted octanol–water partition coefficient (Wildman–Crippen LogP) is 1.15. The molecule has 1 aliphatic heterocycles. The molecule has 1 aromatic rings. The van der Waals surface area contributed by atoms with Crippen molar-refractivity contribution in [1.29, 1.82) is 0 Å². The van der Waals surface area contributed by atoms with Crippen molar-refractivity contribution in [3.63, 3.8) is 0 Å². The lowest BCUT2D eigenvalue weighted by Gasteiger charge is -2.20. The van der Waals surface area contributed by atoms with Gasteiger partial charge in [-0.05, 0) is 37.2 Å². The van der Waals surface area contributed by atoms with Gasteiger partial charge in [0.25, 0.3) is 5.91 Å². The van der Waals surface area contributed by atoms with Crippen molar-refractivity contribution in [1.82, 2.24) is 10.2 Å². The van der Waals surface area contributed by atoms with Crippen LogP contribution in [0.15, 0.2) is 24.3 Å². The highest BCUT2D eigenvalue weighted by atomic mass is 16.5. The van der Waals surface area contributed by atoms with E-state index in [1.54, 1.807) is 7.11 Å². The Kier molecular flexibility index (Phi) is 5.83. The van der Waals surface area contributed by atoms with Crippen molar-refractivity contribution in [2.45, 2.75) is 6.42 Å². The number of amides is 1. The molecule has 0 radical (unpaired) electrons. The Morgan fingerprint density at radius 3 is 2.75 bits per heavy atom. The number of hydrogen-bond acceptors (Lipinski definition) is 4. The fraction of sp³-hybridized carbons (Fsp3) is 0.533. The summed E-state index contributed by atoms with van der Waals surface area (Å²) in [4.78, 5) is 14.3. The number of nitrogens with one attached hydrogen (secondary N) is 1. The number of carbonyl (C=O) groups excluding carboxylic acids is 1. The van der Waals surface area contributed by atoms with Crippen LogP contribution in [0.25, 0.3) is 0 Å². The minimum absolute atomic E-state index is 0.0946. The van der Waals surface area contributed by atoms with Gasteiger partial charge in [0.2, 0.25) is 0 Å². The van der Waals surface area contributed by atoms with Crippen LogP contribution in [0.5, 0.6) is 5.75 Å². The highest BCUT2D eigenvalue weighted by Gasteiger charge is 2.16. The van der Waals surface area contributed by atoms with E-state index in [0.717, 1.165) is 38.3 Å². The first kappa shape index (κ1) is 14.8. The largest absolute Gasteiger partial charge is 0.491 e. The normalized spacial score (nSPS) is 15.8. The minimum Gasteiger partial charge on any atom is -0.491 e. The van der Waals surface area contributed by atoms with Crippen LogP contribution in [0, 0.1) is 0 Å². The summed E-state index contributed by atoms with van der Waals surface area (Å²) in [5, 5.41) is 3.30. The molecule has 0 aromatic heterocycles. The van der Waals surface area contributed by atoms with Crippen molar-refractivity contribution < 1.29 is 14.3 Å². The molecule has 1 aromatic carbocycles. The maximum atomic E-state index is 12.4. The van der Waals surface area contributed by atoms with Gasteiger partial charge in [0.05, 0.1) is 6.61 Å². The Labute approximate surface area is 119 Å². The van der Waals surface area contributed by atoms with Crippen LogP contribution in [0.2, 0.25) is 0 Å². The summed E-state index contributed by atoms with van der Waals surface area (Å²) in [5.41, 5.74) is 0.714. The monoisotopic (exact) mass is 278 g/mol. The molecule has 5 heteroatoms. The van der Waals surface area contributed by atoms with E-state index < -0.39 is 0 Å². The van der Waals surface area contributed by atoms with Crippen LogP contribution in [0.1, 0.15) is 16.8 Å². The molecule has 2 rings (SSSR count). The fourth-order valence-electron chi connectivity index (χ4n) is 2.17. The molecular formula is C15H22N2O3. The predicted molar refractivity (Wildman–Crippen MR) is 77.2 cm³/mol.